The predicted octanol–water partition coefficient (Wildman–Crippen LogP) is 5.43. The molecule has 0 unspecified atom stereocenters. The summed E-state index contributed by atoms with van der Waals surface area (Å²) in [4.78, 5) is 15.0. The number of carbonyl (C=O) groups is 1. The Morgan fingerprint density at radius 2 is 2.00 bits per heavy atom. The number of hydrogen-bond donors (Lipinski definition) is 0. The molecule has 0 aromatic carbocycles. The van der Waals surface area contributed by atoms with Crippen LogP contribution in [0, 0.1) is 11.3 Å². The van der Waals surface area contributed by atoms with Gasteiger partial charge < -0.3 is 9.42 Å². The molecule has 1 saturated carbocycles. The summed E-state index contributed by atoms with van der Waals surface area (Å²) in [6, 6.07) is 4.66. The largest absolute Gasteiger partial charge is 0.420 e. The van der Waals surface area contributed by atoms with Gasteiger partial charge in [0.25, 0.3) is 11.8 Å². The zero-order valence-electron chi connectivity index (χ0n) is 18.2. The highest BCUT2D eigenvalue weighted by molar-refractivity contribution is 7.16. The summed E-state index contributed by atoms with van der Waals surface area (Å²) in [5.74, 6) is -4.17. The molecule has 0 spiro atoms. The van der Waals surface area contributed by atoms with E-state index in [9.17, 15) is 32.0 Å². The molecule has 0 radical (unpaired) electrons. The van der Waals surface area contributed by atoms with Crippen LogP contribution in [0.5, 0.6) is 0 Å². The van der Waals surface area contributed by atoms with Crippen LogP contribution < -0.4 is 0 Å². The monoisotopic (exact) mass is 499 g/mol. The van der Waals surface area contributed by atoms with Crippen LogP contribution in [0.2, 0.25) is 0 Å². The van der Waals surface area contributed by atoms with E-state index in [1.807, 2.05) is 13.0 Å². The average Bonchev–Trinajstić information content (AvgIpc) is 3.14. The molecule has 0 aliphatic heterocycles. The summed E-state index contributed by atoms with van der Waals surface area (Å²) < 4.78 is 74.7. The molecule has 3 aromatic rings. The van der Waals surface area contributed by atoms with Gasteiger partial charge in [0.15, 0.2) is 5.76 Å². The lowest BCUT2D eigenvalue weighted by Gasteiger charge is -2.19. The molecule has 1 aliphatic rings. The quantitative estimate of drug-likeness (QED) is 0.422. The van der Waals surface area contributed by atoms with E-state index in [-0.39, 0.29) is 33.8 Å². The summed E-state index contributed by atoms with van der Waals surface area (Å²) in [5.41, 5.74) is -3.90. The third-order valence-corrected chi connectivity index (χ3v) is 6.45. The number of nitrogens with zero attached hydrogens (tertiary/aromatic N) is 5. The maximum atomic E-state index is 13.9. The minimum atomic E-state index is -5.12. The van der Waals surface area contributed by atoms with Gasteiger partial charge in [-0.15, -0.1) is 11.3 Å². The molecule has 34 heavy (non-hydrogen) atoms. The van der Waals surface area contributed by atoms with Crippen molar-refractivity contribution >= 4 is 17.2 Å². The maximum Gasteiger partial charge on any atom is 0.420 e. The fourth-order valence-corrected chi connectivity index (χ4v) is 4.65. The standard InChI is InChI=1S/C21H18F5N5O2S/c1-4-31(10-5-6-10)19(32)11-7-14(34-15(11)9-27)13-8-12(29-33-13)17-16(21(24,25)26)18(20(2,22)23)28-30(17)3/h7-8,10H,4-6H2,1-3H3. The van der Waals surface area contributed by atoms with Crippen molar-refractivity contribution in [3.8, 4) is 28.1 Å². The minimum absolute atomic E-state index is 0.0100. The molecule has 1 aliphatic carbocycles. The normalized spacial score (nSPS) is 14.3. The highest BCUT2D eigenvalue weighted by Crippen LogP contribution is 2.44. The Hall–Kier alpha value is -3.27. The molecule has 0 bridgehead atoms. The third-order valence-electron chi connectivity index (χ3n) is 5.40. The van der Waals surface area contributed by atoms with E-state index in [1.54, 1.807) is 4.90 Å². The van der Waals surface area contributed by atoms with E-state index in [0.29, 0.717) is 23.0 Å². The average molecular weight is 499 g/mol. The molecular weight excluding hydrogens is 481 g/mol. The molecule has 1 fully saturated rings. The number of nitriles is 1. The van der Waals surface area contributed by atoms with Gasteiger partial charge in [0.1, 0.15) is 33.6 Å². The zero-order chi connectivity index (χ0) is 25.0. The first kappa shape index (κ1) is 23.9. The molecule has 3 heterocycles. The van der Waals surface area contributed by atoms with E-state index >= 15 is 0 Å². The lowest BCUT2D eigenvalue weighted by molar-refractivity contribution is -0.141. The van der Waals surface area contributed by atoms with Gasteiger partial charge in [-0.05, 0) is 25.8 Å². The molecule has 7 nitrogen and oxygen atoms in total. The Morgan fingerprint density at radius 1 is 1.32 bits per heavy atom. The Morgan fingerprint density at radius 3 is 2.53 bits per heavy atom. The van der Waals surface area contributed by atoms with E-state index in [1.165, 1.54) is 6.07 Å². The first-order valence-electron chi connectivity index (χ1n) is 10.2. The van der Waals surface area contributed by atoms with Crippen LogP contribution in [0.25, 0.3) is 22.0 Å². The SMILES string of the molecule is CCN(C(=O)c1cc(-c2cc(-c3c(C(F)(F)F)c(C(C)(F)F)nn3C)no2)sc1C#N)C1CC1. The zero-order valence-corrected chi connectivity index (χ0v) is 19.0. The molecular formula is C21H18F5N5O2S. The first-order chi connectivity index (χ1) is 15.9. The van der Waals surface area contributed by atoms with Crippen molar-refractivity contribution in [2.45, 2.75) is 44.8 Å². The van der Waals surface area contributed by atoms with Crippen LogP contribution in [0.3, 0.4) is 0 Å². The van der Waals surface area contributed by atoms with Crippen LogP contribution >= 0.6 is 11.3 Å². The Kier molecular flexibility index (Phi) is 5.75. The smallest absolute Gasteiger partial charge is 0.355 e. The van der Waals surface area contributed by atoms with Gasteiger partial charge in [-0.25, -0.2) is 0 Å². The summed E-state index contributed by atoms with van der Waals surface area (Å²) in [6.45, 7) is 2.63. The molecule has 0 saturated heterocycles. The maximum absolute atomic E-state index is 13.9. The third kappa shape index (κ3) is 4.18. The summed E-state index contributed by atoms with van der Waals surface area (Å²) in [6.07, 6.45) is -3.36. The van der Waals surface area contributed by atoms with Gasteiger partial charge in [0.05, 0.1) is 10.4 Å². The van der Waals surface area contributed by atoms with Gasteiger partial charge in [-0.2, -0.15) is 32.3 Å². The number of halogens is 5. The van der Waals surface area contributed by atoms with Crippen molar-refractivity contribution in [3.63, 3.8) is 0 Å². The number of hydrogen-bond acceptors (Lipinski definition) is 6. The lowest BCUT2D eigenvalue weighted by Crippen LogP contribution is -2.32. The van der Waals surface area contributed by atoms with Crippen LogP contribution in [-0.4, -0.2) is 38.3 Å². The number of alkyl halides is 5. The van der Waals surface area contributed by atoms with Crippen molar-refractivity contribution in [3.05, 3.63) is 33.8 Å². The van der Waals surface area contributed by atoms with Crippen molar-refractivity contribution < 1.29 is 31.3 Å². The van der Waals surface area contributed by atoms with Gasteiger partial charge in [-0.1, -0.05) is 5.16 Å². The number of thiophene rings is 1. The van der Waals surface area contributed by atoms with E-state index in [4.69, 9.17) is 4.52 Å². The van der Waals surface area contributed by atoms with Crippen LogP contribution in [0.4, 0.5) is 22.0 Å². The molecule has 1 amide bonds. The van der Waals surface area contributed by atoms with Crippen LogP contribution in [0.15, 0.2) is 16.7 Å². The summed E-state index contributed by atoms with van der Waals surface area (Å²) in [7, 11) is 1.10. The lowest BCUT2D eigenvalue weighted by atomic mass is 10.1. The second-order valence-electron chi connectivity index (χ2n) is 7.95. The topological polar surface area (TPSA) is 87.9 Å². The van der Waals surface area contributed by atoms with Crippen molar-refractivity contribution in [1.29, 1.82) is 5.26 Å². The molecule has 180 valence electrons. The number of carbonyl (C=O) groups excluding carboxylic acids is 1. The second-order valence-corrected chi connectivity index (χ2v) is 9.00. The molecule has 13 heteroatoms. The molecule has 4 rings (SSSR count). The predicted molar refractivity (Wildman–Crippen MR) is 111 cm³/mol. The van der Waals surface area contributed by atoms with Crippen molar-refractivity contribution in [2.75, 3.05) is 6.54 Å². The second kappa shape index (κ2) is 8.19. The molecule has 3 aromatic heterocycles. The number of rotatable bonds is 6. The number of aromatic nitrogens is 3. The van der Waals surface area contributed by atoms with Crippen LogP contribution in [-0.2, 0) is 19.1 Å². The van der Waals surface area contributed by atoms with Gasteiger partial charge in [-0.3, -0.25) is 9.48 Å². The fourth-order valence-electron chi connectivity index (χ4n) is 3.76. The number of aryl methyl sites for hydroxylation is 1. The Balaban J connectivity index is 1.76. The van der Waals surface area contributed by atoms with E-state index < -0.39 is 29.1 Å². The molecule has 0 N–H and O–H groups in total. The minimum Gasteiger partial charge on any atom is -0.355 e. The van der Waals surface area contributed by atoms with Crippen molar-refractivity contribution in [1.82, 2.24) is 19.8 Å². The van der Waals surface area contributed by atoms with Crippen LogP contribution in [0.1, 0.15) is 53.2 Å². The Labute approximate surface area is 194 Å². The molecule has 0 atom stereocenters. The van der Waals surface area contributed by atoms with E-state index in [0.717, 1.165) is 37.3 Å². The first-order valence-corrected chi connectivity index (χ1v) is 11.0. The fraction of sp³-hybridized carbons (Fsp3) is 0.429. The van der Waals surface area contributed by atoms with Gasteiger partial charge in [0, 0.05) is 32.6 Å². The number of amides is 1. The highest BCUT2D eigenvalue weighted by Gasteiger charge is 2.47. The van der Waals surface area contributed by atoms with E-state index in [2.05, 4.69) is 10.3 Å². The van der Waals surface area contributed by atoms with Gasteiger partial charge in [0.2, 0.25) is 0 Å². The highest BCUT2D eigenvalue weighted by atomic mass is 32.1. The Bertz CT molecular complexity index is 1290. The summed E-state index contributed by atoms with van der Waals surface area (Å²) in [5, 5.41) is 16.5. The van der Waals surface area contributed by atoms with Crippen molar-refractivity contribution in [2.24, 2.45) is 7.05 Å². The summed E-state index contributed by atoms with van der Waals surface area (Å²) >= 11 is 0.926. The van der Waals surface area contributed by atoms with Gasteiger partial charge >= 0.3 is 6.18 Å².